The average molecular weight is 387 g/mol. The zero-order valence-corrected chi connectivity index (χ0v) is 16.7. The molecule has 0 radical (unpaired) electrons. The van der Waals surface area contributed by atoms with Gasteiger partial charge in [0.15, 0.2) is 0 Å². The van der Waals surface area contributed by atoms with E-state index < -0.39 is 0 Å². The molecule has 0 aromatic heterocycles. The lowest BCUT2D eigenvalue weighted by molar-refractivity contribution is 0.0605. The first-order valence-corrected chi connectivity index (χ1v) is 11.5. The second-order valence-corrected chi connectivity index (χ2v) is 9.19. The molecule has 4 heteroatoms. The SMILES string of the molecule is c1cc2ccc1SCCOCCOCCSc1ccc(cc1)[C@@H]1CC[C@H]21. The molecule has 0 N–H and O–H groups in total. The van der Waals surface area contributed by atoms with Crippen molar-refractivity contribution in [2.24, 2.45) is 0 Å². The summed E-state index contributed by atoms with van der Waals surface area (Å²) in [5.74, 6) is 3.34. The van der Waals surface area contributed by atoms with Crippen molar-refractivity contribution in [2.45, 2.75) is 34.5 Å². The molecule has 1 saturated carbocycles. The van der Waals surface area contributed by atoms with Crippen molar-refractivity contribution < 1.29 is 9.47 Å². The molecule has 138 valence electrons. The molecule has 0 unspecified atom stereocenters. The maximum atomic E-state index is 5.66. The summed E-state index contributed by atoms with van der Waals surface area (Å²) in [4.78, 5) is 2.67. The summed E-state index contributed by atoms with van der Waals surface area (Å²) in [6, 6.07) is 18.4. The molecule has 3 aliphatic heterocycles. The molecule has 2 nitrogen and oxygen atoms in total. The maximum Gasteiger partial charge on any atom is 0.0700 e. The van der Waals surface area contributed by atoms with E-state index in [1.165, 1.54) is 33.8 Å². The fourth-order valence-corrected chi connectivity index (χ4v) is 5.21. The fourth-order valence-electron chi connectivity index (χ4n) is 3.68. The smallest absolute Gasteiger partial charge is 0.0700 e. The van der Waals surface area contributed by atoms with Crippen LogP contribution in [0.1, 0.15) is 35.8 Å². The van der Waals surface area contributed by atoms with Gasteiger partial charge in [0, 0.05) is 21.3 Å². The van der Waals surface area contributed by atoms with Gasteiger partial charge >= 0.3 is 0 Å². The van der Waals surface area contributed by atoms with E-state index in [2.05, 4.69) is 48.5 Å². The molecule has 4 bridgehead atoms. The van der Waals surface area contributed by atoms with Crippen molar-refractivity contribution in [3.05, 3.63) is 59.7 Å². The highest BCUT2D eigenvalue weighted by atomic mass is 32.2. The largest absolute Gasteiger partial charge is 0.378 e. The highest BCUT2D eigenvalue weighted by Crippen LogP contribution is 2.49. The molecule has 26 heavy (non-hydrogen) atoms. The van der Waals surface area contributed by atoms with Gasteiger partial charge in [-0.2, -0.15) is 0 Å². The van der Waals surface area contributed by atoms with Crippen LogP contribution in [-0.4, -0.2) is 37.9 Å². The van der Waals surface area contributed by atoms with E-state index in [1.54, 1.807) is 0 Å². The van der Waals surface area contributed by atoms with Crippen LogP contribution in [0, 0.1) is 0 Å². The summed E-state index contributed by atoms with van der Waals surface area (Å²) >= 11 is 3.74. The van der Waals surface area contributed by atoms with Crippen LogP contribution in [0.5, 0.6) is 0 Å². The monoisotopic (exact) mass is 386 g/mol. The normalized spacial score (nSPS) is 24.6. The third-order valence-corrected chi connectivity index (χ3v) is 7.21. The molecule has 0 amide bonds. The predicted octanol–water partition coefficient (Wildman–Crippen LogP) is 5.58. The molecule has 1 fully saturated rings. The molecule has 2 aromatic rings. The summed E-state index contributed by atoms with van der Waals surface area (Å²) in [5, 5.41) is 0. The summed E-state index contributed by atoms with van der Waals surface area (Å²) in [5.41, 5.74) is 2.98. The molecule has 2 atom stereocenters. The van der Waals surface area contributed by atoms with E-state index in [-0.39, 0.29) is 0 Å². The van der Waals surface area contributed by atoms with E-state index in [0.29, 0.717) is 25.0 Å². The van der Waals surface area contributed by atoms with Crippen LogP contribution in [0.25, 0.3) is 0 Å². The Bertz CT molecular complexity index is 623. The Balaban J connectivity index is 1.48. The molecular weight excluding hydrogens is 360 g/mol. The number of benzene rings is 2. The van der Waals surface area contributed by atoms with Gasteiger partial charge in [-0.3, -0.25) is 0 Å². The average Bonchev–Trinajstić information content (AvgIpc) is 2.64. The first-order valence-electron chi connectivity index (χ1n) is 9.51. The lowest BCUT2D eigenvalue weighted by Crippen LogP contribution is -2.21. The summed E-state index contributed by atoms with van der Waals surface area (Å²) in [7, 11) is 0. The van der Waals surface area contributed by atoms with Crippen LogP contribution in [0.4, 0.5) is 0 Å². The van der Waals surface area contributed by atoms with E-state index in [4.69, 9.17) is 9.47 Å². The molecule has 3 heterocycles. The molecule has 6 rings (SSSR count). The van der Waals surface area contributed by atoms with Crippen LogP contribution in [0.3, 0.4) is 0 Å². The Morgan fingerprint density at radius 1 is 0.577 bits per heavy atom. The van der Waals surface area contributed by atoms with E-state index in [9.17, 15) is 0 Å². The zero-order valence-electron chi connectivity index (χ0n) is 15.1. The van der Waals surface area contributed by atoms with Gasteiger partial charge in [0.25, 0.3) is 0 Å². The fraction of sp³-hybridized carbons (Fsp3) is 0.455. The Labute approximate surface area is 165 Å². The van der Waals surface area contributed by atoms with E-state index >= 15 is 0 Å². The van der Waals surface area contributed by atoms with Gasteiger partial charge in [-0.05, 0) is 60.1 Å². The first kappa shape index (κ1) is 18.4. The summed E-state index contributed by atoms with van der Waals surface area (Å²) in [6.45, 7) is 2.92. The van der Waals surface area contributed by atoms with Gasteiger partial charge in [0.1, 0.15) is 0 Å². The van der Waals surface area contributed by atoms with Crippen LogP contribution < -0.4 is 0 Å². The highest BCUT2D eigenvalue weighted by Gasteiger charge is 2.33. The van der Waals surface area contributed by atoms with Gasteiger partial charge in [-0.25, -0.2) is 0 Å². The third-order valence-electron chi connectivity index (χ3n) is 5.26. The quantitative estimate of drug-likeness (QED) is 0.588. The lowest BCUT2D eigenvalue weighted by Gasteiger charge is -2.37. The number of thioether (sulfide) groups is 2. The van der Waals surface area contributed by atoms with Crippen molar-refractivity contribution in [1.82, 2.24) is 0 Å². The Morgan fingerprint density at radius 2 is 1.00 bits per heavy atom. The third kappa shape index (κ3) is 4.66. The number of ether oxygens (including phenoxy) is 2. The van der Waals surface area contributed by atoms with Crippen LogP contribution in [0.2, 0.25) is 0 Å². The standard InChI is InChI=1S/C22H26O2S2/c1-5-19-6-2-17(1)21-9-10-22(21)18-3-7-20(8-4-18)26-16-14-24-12-11-23-13-15-25-19/h1-8,21-22H,9-16H2/t21-,22+. The molecule has 2 aromatic carbocycles. The minimum atomic E-state index is 0.676. The van der Waals surface area contributed by atoms with Crippen molar-refractivity contribution in [3.8, 4) is 0 Å². The van der Waals surface area contributed by atoms with Crippen LogP contribution in [0.15, 0.2) is 58.3 Å². The van der Waals surface area contributed by atoms with E-state index in [0.717, 1.165) is 24.7 Å². The van der Waals surface area contributed by atoms with Gasteiger partial charge in [-0.1, -0.05) is 24.3 Å². The molecular formula is C22H26O2S2. The second kappa shape index (κ2) is 9.32. The summed E-state index contributed by atoms with van der Waals surface area (Å²) in [6.07, 6.45) is 2.61. The van der Waals surface area contributed by atoms with Crippen LogP contribution in [-0.2, 0) is 9.47 Å². The number of hydrogen-bond donors (Lipinski definition) is 0. The first-order chi connectivity index (χ1) is 12.9. The second-order valence-electron chi connectivity index (χ2n) is 6.85. The Kier molecular flexibility index (Phi) is 6.60. The predicted molar refractivity (Wildman–Crippen MR) is 111 cm³/mol. The van der Waals surface area contributed by atoms with Crippen molar-refractivity contribution >= 4 is 23.5 Å². The molecule has 0 spiro atoms. The van der Waals surface area contributed by atoms with Gasteiger partial charge in [0.2, 0.25) is 0 Å². The molecule has 0 saturated heterocycles. The maximum absolute atomic E-state index is 5.66. The van der Waals surface area contributed by atoms with E-state index in [1.807, 2.05) is 23.5 Å². The summed E-state index contributed by atoms with van der Waals surface area (Å²) < 4.78 is 11.3. The van der Waals surface area contributed by atoms with Crippen molar-refractivity contribution in [1.29, 1.82) is 0 Å². The molecule has 4 aliphatic rings. The number of hydrogen-bond acceptors (Lipinski definition) is 4. The minimum Gasteiger partial charge on any atom is -0.378 e. The highest BCUT2D eigenvalue weighted by molar-refractivity contribution is 7.99. The molecule has 1 aliphatic carbocycles. The Hall–Kier alpha value is -0.940. The minimum absolute atomic E-state index is 0.676. The van der Waals surface area contributed by atoms with Crippen molar-refractivity contribution in [2.75, 3.05) is 37.9 Å². The van der Waals surface area contributed by atoms with Crippen molar-refractivity contribution in [3.63, 3.8) is 0 Å². The van der Waals surface area contributed by atoms with Gasteiger partial charge in [0.05, 0.1) is 26.4 Å². The van der Waals surface area contributed by atoms with Gasteiger partial charge in [-0.15, -0.1) is 23.5 Å². The lowest BCUT2D eigenvalue weighted by atomic mass is 9.67. The van der Waals surface area contributed by atoms with Gasteiger partial charge < -0.3 is 9.47 Å². The Morgan fingerprint density at radius 3 is 1.38 bits per heavy atom. The zero-order chi connectivity index (χ0) is 17.6. The van der Waals surface area contributed by atoms with Crippen LogP contribution >= 0.6 is 23.5 Å². The topological polar surface area (TPSA) is 18.5 Å². The number of fused-ring (bicyclic) bond motifs is 2. The number of rotatable bonds is 0.